The van der Waals surface area contributed by atoms with Gasteiger partial charge in [-0.3, -0.25) is 19.5 Å². The number of carbonyl (C=O) groups is 3. The van der Waals surface area contributed by atoms with E-state index in [1.807, 2.05) is 42.7 Å². The molecule has 0 aliphatic carbocycles. The van der Waals surface area contributed by atoms with Gasteiger partial charge in [0, 0.05) is 18.3 Å². The van der Waals surface area contributed by atoms with E-state index in [-0.39, 0.29) is 12.5 Å². The van der Waals surface area contributed by atoms with Crippen molar-refractivity contribution in [3.8, 4) is 5.69 Å². The largest absolute Gasteiger partial charge is 0.339 e. The second kappa shape index (κ2) is 7.49. The highest BCUT2D eigenvalue weighted by Gasteiger charge is 2.43. The molecule has 4 amide bonds. The lowest BCUT2D eigenvalue weighted by atomic mass is 10.0. The van der Waals surface area contributed by atoms with E-state index >= 15 is 0 Å². The summed E-state index contributed by atoms with van der Waals surface area (Å²) >= 11 is 1.55. The molecular weight excluding hydrogens is 402 g/mol. The van der Waals surface area contributed by atoms with Gasteiger partial charge in [0.15, 0.2) is 5.16 Å². The molecule has 0 radical (unpaired) electrons. The standard InChI is InChI=1S/C21H21N5O3S/c1-21(18(28)23-19(29)24-21)12-25(2)17(27)13-8-10-14(11-9-13)26-16-7-5-4-6-15(16)22-20(26)30-3/h4-11H,12H2,1-3H3,(H2,23,24,28,29). The second-order valence-electron chi connectivity index (χ2n) is 7.37. The van der Waals surface area contributed by atoms with Crippen molar-refractivity contribution >= 4 is 40.6 Å². The number of urea groups is 1. The summed E-state index contributed by atoms with van der Waals surface area (Å²) < 4.78 is 2.05. The number of para-hydroxylation sites is 2. The molecule has 2 heterocycles. The van der Waals surface area contributed by atoms with Crippen LogP contribution in [0.2, 0.25) is 0 Å². The molecule has 2 aromatic carbocycles. The van der Waals surface area contributed by atoms with Crippen LogP contribution < -0.4 is 10.6 Å². The number of fused-ring (bicyclic) bond motifs is 1. The van der Waals surface area contributed by atoms with Gasteiger partial charge in [0.25, 0.3) is 11.8 Å². The van der Waals surface area contributed by atoms with Gasteiger partial charge in [0.05, 0.1) is 17.6 Å². The molecule has 1 saturated heterocycles. The van der Waals surface area contributed by atoms with Crippen LogP contribution in [0.4, 0.5) is 4.79 Å². The lowest BCUT2D eigenvalue weighted by Gasteiger charge is -2.27. The Bertz CT molecular complexity index is 1160. The van der Waals surface area contributed by atoms with Crippen molar-refractivity contribution in [3.05, 3.63) is 54.1 Å². The molecule has 4 rings (SSSR count). The van der Waals surface area contributed by atoms with E-state index in [1.165, 1.54) is 4.90 Å². The van der Waals surface area contributed by atoms with E-state index < -0.39 is 17.5 Å². The lowest BCUT2D eigenvalue weighted by Crippen LogP contribution is -2.53. The van der Waals surface area contributed by atoms with Crippen molar-refractivity contribution in [2.45, 2.75) is 17.6 Å². The van der Waals surface area contributed by atoms with Gasteiger partial charge in [0.1, 0.15) is 5.54 Å². The third-order valence-electron chi connectivity index (χ3n) is 5.10. The molecule has 0 spiro atoms. The molecule has 0 saturated carbocycles. The summed E-state index contributed by atoms with van der Waals surface area (Å²) in [6.45, 7) is 1.65. The highest BCUT2D eigenvalue weighted by molar-refractivity contribution is 7.98. The zero-order valence-electron chi connectivity index (χ0n) is 16.8. The van der Waals surface area contributed by atoms with Gasteiger partial charge < -0.3 is 10.2 Å². The van der Waals surface area contributed by atoms with E-state index in [0.717, 1.165) is 21.9 Å². The fourth-order valence-corrected chi connectivity index (χ4v) is 4.18. The Kier molecular flexibility index (Phi) is 4.98. The van der Waals surface area contributed by atoms with Crippen LogP contribution in [-0.2, 0) is 4.79 Å². The number of carbonyl (C=O) groups excluding carboxylic acids is 3. The zero-order valence-corrected chi connectivity index (χ0v) is 17.6. The minimum Gasteiger partial charge on any atom is -0.339 e. The topological polar surface area (TPSA) is 96.3 Å². The molecule has 1 unspecified atom stereocenters. The Morgan fingerprint density at radius 1 is 1.17 bits per heavy atom. The number of aromatic nitrogens is 2. The first-order chi connectivity index (χ1) is 14.3. The third-order valence-corrected chi connectivity index (χ3v) is 5.74. The van der Waals surface area contributed by atoms with Crippen molar-refractivity contribution in [2.24, 2.45) is 0 Å². The molecule has 0 bridgehead atoms. The van der Waals surface area contributed by atoms with Crippen LogP contribution in [0.1, 0.15) is 17.3 Å². The highest BCUT2D eigenvalue weighted by Crippen LogP contribution is 2.27. The number of thioether (sulfide) groups is 1. The normalized spacial score (nSPS) is 18.4. The van der Waals surface area contributed by atoms with Gasteiger partial charge in [-0.2, -0.15) is 0 Å². The van der Waals surface area contributed by atoms with Gasteiger partial charge in [-0.25, -0.2) is 9.78 Å². The number of rotatable bonds is 5. The quantitative estimate of drug-likeness (QED) is 0.485. The van der Waals surface area contributed by atoms with Crippen LogP contribution in [0.25, 0.3) is 16.7 Å². The van der Waals surface area contributed by atoms with Crippen LogP contribution >= 0.6 is 11.8 Å². The first-order valence-corrected chi connectivity index (χ1v) is 10.6. The fourth-order valence-electron chi connectivity index (χ4n) is 3.60. The molecule has 9 heteroatoms. The average molecular weight is 423 g/mol. The number of hydrogen-bond donors (Lipinski definition) is 2. The summed E-state index contributed by atoms with van der Waals surface area (Å²) in [5.41, 5.74) is 2.15. The molecule has 8 nitrogen and oxygen atoms in total. The number of nitrogens with one attached hydrogen (secondary N) is 2. The van der Waals surface area contributed by atoms with E-state index in [1.54, 1.807) is 37.9 Å². The summed E-state index contributed by atoms with van der Waals surface area (Å²) in [7, 11) is 1.61. The minimum absolute atomic E-state index is 0.0634. The van der Waals surface area contributed by atoms with Crippen molar-refractivity contribution in [1.82, 2.24) is 25.1 Å². The molecule has 30 heavy (non-hydrogen) atoms. The Labute approximate surface area is 177 Å². The summed E-state index contributed by atoms with van der Waals surface area (Å²) in [5, 5.41) is 5.63. The smallest absolute Gasteiger partial charge is 0.322 e. The monoisotopic (exact) mass is 423 g/mol. The summed E-state index contributed by atoms with van der Waals surface area (Å²) in [4.78, 5) is 42.4. The molecule has 1 aliphatic rings. The molecular formula is C21H21N5O3S. The van der Waals surface area contributed by atoms with Crippen LogP contribution in [-0.4, -0.2) is 57.7 Å². The molecule has 3 aromatic rings. The minimum atomic E-state index is -1.15. The van der Waals surface area contributed by atoms with Crippen LogP contribution in [0, 0.1) is 0 Å². The van der Waals surface area contributed by atoms with Gasteiger partial charge >= 0.3 is 6.03 Å². The van der Waals surface area contributed by atoms with E-state index in [2.05, 4.69) is 20.2 Å². The first kappa shape index (κ1) is 20.0. The first-order valence-electron chi connectivity index (χ1n) is 9.33. The van der Waals surface area contributed by atoms with E-state index in [9.17, 15) is 14.4 Å². The van der Waals surface area contributed by atoms with Gasteiger partial charge in [-0.15, -0.1) is 0 Å². The number of benzene rings is 2. The van der Waals surface area contributed by atoms with Crippen LogP contribution in [0.3, 0.4) is 0 Å². The van der Waals surface area contributed by atoms with E-state index in [4.69, 9.17) is 0 Å². The SMILES string of the molecule is CSc1nc2ccccc2n1-c1ccc(C(=O)N(C)CC2(C)NC(=O)NC2=O)cc1. The van der Waals surface area contributed by atoms with Crippen molar-refractivity contribution in [2.75, 3.05) is 19.8 Å². The maximum Gasteiger partial charge on any atom is 0.322 e. The molecule has 1 aromatic heterocycles. The summed E-state index contributed by atoms with van der Waals surface area (Å²) in [6.07, 6.45) is 1.98. The molecule has 154 valence electrons. The number of amides is 4. The lowest BCUT2D eigenvalue weighted by molar-refractivity contribution is -0.123. The number of imide groups is 1. The molecule has 1 atom stereocenters. The van der Waals surface area contributed by atoms with Gasteiger partial charge in [-0.05, 0) is 49.6 Å². The Morgan fingerprint density at radius 2 is 1.87 bits per heavy atom. The Balaban J connectivity index is 1.58. The number of hydrogen-bond acceptors (Lipinski definition) is 5. The van der Waals surface area contributed by atoms with Crippen molar-refractivity contribution < 1.29 is 14.4 Å². The fraction of sp³-hybridized carbons (Fsp3) is 0.238. The third kappa shape index (κ3) is 3.41. The van der Waals surface area contributed by atoms with Crippen LogP contribution in [0.5, 0.6) is 0 Å². The average Bonchev–Trinajstić information content (AvgIpc) is 3.23. The van der Waals surface area contributed by atoms with Gasteiger partial charge in [-0.1, -0.05) is 23.9 Å². The molecule has 1 fully saturated rings. The summed E-state index contributed by atoms with van der Waals surface area (Å²) in [5.74, 6) is -0.684. The maximum absolute atomic E-state index is 12.9. The predicted octanol–water partition coefficient (Wildman–Crippen LogP) is 2.42. The second-order valence-corrected chi connectivity index (χ2v) is 8.14. The van der Waals surface area contributed by atoms with Crippen molar-refractivity contribution in [3.63, 3.8) is 0 Å². The van der Waals surface area contributed by atoms with Crippen LogP contribution in [0.15, 0.2) is 53.7 Å². The highest BCUT2D eigenvalue weighted by atomic mass is 32.2. The molecule has 1 aliphatic heterocycles. The number of imidazole rings is 1. The van der Waals surface area contributed by atoms with Crippen molar-refractivity contribution in [1.29, 1.82) is 0 Å². The molecule has 2 N–H and O–H groups in total. The van der Waals surface area contributed by atoms with E-state index in [0.29, 0.717) is 5.56 Å². The number of nitrogens with zero attached hydrogens (tertiary/aromatic N) is 3. The summed E-state index contributed by atoms with van der Waals surface area (Å²) in [6, 6.07) is 14.6. The maximum atomic E-state index is 12.9. The Hall–Kier alpha value is -3.33. The number of likely N-dealkylation sites (N-methyl/N-ethyl adjacent to an activating group) is 1. The Morgan fingerprint density at radius 3 is 2.50 bits per heavy atom. The predicted molar refractivity (Wildman–Crippen MR) is 115 cm³/mol. The zero-order chi connectivity index (χ0) is 21.5. The van der Waals surface area contributed by atoms with Gasteiger partial charge in [0.2, 0.25) is 0 Å².